The Morgan fingerprint density at radius 3 is 2.81 bits per heavy atom. The zero-order valence-corrected chi connectivity index (χ0v) is 15.1. The Morgan fingerprint density at radius 1 is 1.19 bits per heavy atom. The van der Waals surface area contributed by atoms with Gasteiger partial charge in [-0.05, 0) is 48.9 Å². The molecule has 5 nitrogen and oxygen atoms in total. The van der Waals surface area contributed by atoms with Gasteiger partial charge in [0, 0.05) is 16.1 Å². The van der Waals surface area contributed by atoms with Crippen molar-refractivity contribution < 1.29 is 13.9 Å². The van der Waals surface area contributed by atoms with E-state index in [4.69, 9.17) is 20.8 Å². The second-order valence-electron chi connectivity index (χ2n) is 5.60. The minimum atomic E-state index is -0.336. The van der Waals surface area contributed by atoms with Crippen molar-refractivity contribution in [1.29, 1.82) is 0 Å². The first kappa shape index (κ1) is 17.8. The Hall–Kier alpha value is -3.05. The third kappa shape index (κ3) is 4.13. The number of aryl methyl sites for hydroxylation is 1. The fourth-order valence-corrected chi connectivity index (χ4v) is 2.49. The van der Waals surface area contributed by atoms with Gasteiger partial charge in [-0.1, -0.05) is 29.8 Å². The van der Waals surface area contributed by atoms with E-state index < -0.39 is 0 Å². The Labute approximate surface area is 156 Å². The van der Waals surface area contributed by atoms with Crippen LogP contribution in [0.2, 0.25) is 5.02 Å². The van der Waals surface area contributed by atoms with Crippen molar-refractivity contribution >= 4 is 23.7 Å². The Balaban J connectivity index is 1.66. The van der Waals surface area contributed by atoms with Crippen LogP contribution < -0.4 is 10.2 Å². The molecule has 0 unspecified atom stereocenters. The molecule has 0 bridgehead atoms. The maximum Gasteiger partial charge on any atom is 0.271 e. The topological polar surface area (TPSA) is 63.8 Å². The molecule has 0 saturated heterocycles. The third-order valence-corrected chi connectivity index (χ3v) is 4.18. The van der Waals surface area contributed by atoms with E-state index >= 15 is 0 Å². The van der Waals surface area contributed by atoms with Gasteiger partial charge in [0.2, 0.25) is 0 Å². The summed E-state index contributed by atoms with van der Waals surface area (Å²) in [4.78, 5) is 12.1. The van der Waals surface area contributed by atoms with Crippen molar-refractivity contribution in [3.8, 4) is 17.1 Å². The van der Waals surface area contributed by atoms with E-state index in [1.165, 1.54) is 6.21 Å². The second-order valence-corrected chi connectivity index (χ2v) is 6.00. The number of carbonyl (C=O) groups is 1. The van der Waals surface area contributed by atoms with Crippen molar-refractivity contribution in [3.05, 3.63) is 76.5 Å². The molecule has 3 aromatic rings. The summed E-state index contributed by atoms with van der Waals surface area (Å²) in [6.07, 6.45) is 1.44. The zero-order valence-electron chi connectivity index (χ0n) is 14.3. The molecule has 0 radical (unpaired) electrons. The zero-order chi connectivity index (χ0) is 18.5. The highest BCUT2D eigenvalue weighted by atomic mass is 35.5. The van der Waals surface area contributed by atoms with Crippen molar-refractivity contribution in [2.75, 3.05) is 7.11 Å². The number of methoxy groups -OCH3 is 1. The van der Waals surface area contributed by atoms with Gasteiger partial charge in [0.25, 0.3) is 5.91 Å². The Bertz CT molecular complexity index is 963. The largest absolute Gasteiger partial charge is 0.497 e. The van der Waals surface area contributed by atoms with E-state index in [0.717, 1.165) is 11.1 Å². The first-order valence-corrected chi connectivity index (χ1v) is 8.28. The lowest BCUT2D eigenvalue weighted by Gasteiger charge is -2.02. The minimum absolute atomic E-state index is 0.336. The van der Waals surface area contributed by atoms with Crippen LogP contribution in [-0.4, -0.2) is 19.2 Å². The summed E-state index contributed by atoms with van der Waals surface area (Å²) < 4.78 is 10.8. The molecule has 132 valence electrons. The normalized spacial score (nSPS) is 10.9. The highest BCUT2D eigenvalue weighted by Crippen LogP contribution is 2.26. The molecule has 0 aliphatic heterocycles. The molecule has 26 heavy (non-hydrogen) atoms. The fourth-order valence-electron chi connectivity index (χ4n) is 2.31. The fraction of sp³-hybridized carbons (Fsp3) is 0.100. The first-order chi connectivity index (χ1) is 12.6. The van der Waals surface area contributed by atoms with Crippen LogP contribution >= 0.6 is 11.6 Å². The molecule has 0 aliphatic rings. The van der Waals surface area contributed by atoms with Crippen LogP contribution in [0, 0.1) is 6.92 Å². The molecule has 6 heteroatoms. The van der Waals surface area contributed by atoms with Crippen LogP contribution in [0.15, 0.2) is 64.1 Å². The number of benzene rings is 2. The van der Waals surface area contributed by atoms with E-state index in [-0.39, 0.29) is 5.91 Å². The van der Waals surface area contributed by atoms with Gasteiger partial charge >= 0.3 is 0 Å². The maximum atomic E-state index is 12.1. The van der Waals surface area contributed by atoms with E-state index in [0.29, 0.717) is 27.9 Å². The van der Waals surface area contributed by atoms with Crippen LogP contribution in [0.3, 0.4) is 0 Å². The Kier molecular flexibility index (Phi) is 5.39. The lowest BCUT2D eigenvalue weighted by atomic mass is 10.1. The molecular formula is C20H17ClN2O3. The number of hydrogen-bond acceptors (Lipinski definition) is 4. The molecule has 0 aliphatic carbocycles. The van der Waals surface area contributed by atoms with Crippen LogP contribution in [0.25, 0.3) is 11.3 Å². The van der Waals surface area contributed by atoms with E-state index in [2.05, 4.69) is 10.5 Å². The molecule has 1 aromatic heterocycles. The maximum absolute atomic E-state index is 12.1. The average molecular weight is 369 g/mol. The van der Waals surface area contributed by atoms with Crippen molar-refractivity contribution in [2.24, 2.45) is 5.10 Å². The number of carbonyl (C=O) groups excluding carboxylic acids is 1. The predicted molar refractivity (Wildman–Crippen MR) is 102 cm³/mol. The molecule has 3 rings (SSSR count). The van der Waals surface area contributed by atoms with Crippen molar-refractivity contribution in [3.63, 3.8) is 0 Å². The molecule has 0 fully saturated rings. The quantitative estimate of drug-likeness (QED) is 0.525. The van der Waals surface area contributed by atoms with Crippen molar-refractivity contribution in [1.82, 2.24) is 5.43 Å². The molecule has 1 heterocycles. The van der Waals surface area contributed by atoms with Gasteiger partial charge in [0.1, 0.15) is 17.3 Å². The number of nitrogens with one attached hydrogen (secondary N) is 1. The predicted octanol–water partition coefficient (Wildman–Crippen LogP) is 4.68. The summed E-state index contributed by atoms with van der Waals surface area (Å²) in [5.41, 5.74) is 4.79. The smallest absolute Gasteiger partial charge is 0.271 e. The summed E-state index contributed by atoms with van der Waals surface area (Å²) >= 11 is 6.14. The number of rotatable bonds is 5. The number of hydrogen-bond donors (Lipinski definition) is 1. The van der Waals surface area contributed by atoms with Crippen LogP contribution in [0.1, 0.15) is 21.7 Å². The summed E-state index contributed by atoms with van der Waals surface area (Å²) in [5.74, 6) is 1.46. The number of halogens is 1. The highest BCUT2D eigenvalue weighted by Gasteiger charge is 2.07. The molecular weight excluding hydrogens is 352 g/mol. The summed E-state index contributed by atoms with van der Waals surface area (Å²) in [7, 11) is 1.55. The van der Waals surface area contributed by atoms with Gasteiger partial charge in [-0.15, -0.1) is 0 Å². The van der Waals surface area contributed by atoms with E-state index in [9.17, 15) is 4.79 Å². The number of nitrogens with zero attached hydrogens (tertiary/aromatic N) is 1. The number of amides is 1. The van der Waals surface area contributed by atoms with Crippen molar-refractivity contribution in [2.45, 2.75) is 6.92 Å². The summed E-state index contributed by atoms with van der Waals surface area (Å²) in [6, 6.07) is 16.1. The first-order valence-electron chi connectivity index (χ1n) is 7.90. The molecule has 1 N–H and O–H groups in total. The SMILES string of the molecule is COc1cccc(C(=O)NN=Cc2ccc(-c3ccc(C)c(Cl)c3)o2)c1. The standard InChI is InChI=1S/C20H17ClN2O3/c1-13-6-7-14(11-18(13)21)19-9-8-17(26-19)12-22-23-20(24)15-4-3-5-16(10-15)25-2/h3-12H,1-2H3,(H,23,24). The van der Waals surface area contributed by atoms with E-state index in [1.807, 2.05) is 31.2 Å². The van der Waals surface area contributed by atoms with Gasteiger partial charge in [-0.3, -0.25) is 4.79 Å². The number of ether oxygens (including phenoxy) is 1. The minimum Gasteiger partial charge on any atom is -0.497 e. The molecule has 2 aromatic carbocycles. The highest BCUT2D eigenvalue weighted by molar-refractivity contribution is 6.31. The van der Waals surface area contributed by atoms with Gasteiger partial charge in [0.05, 0.1) is 13.3 Å². The molecule has 0 atom stereocenters. The average Bonchev–Trinajstić information content (AvgIpc) is 3.13. The summed E-state index contributed by atoms with van der Waals surface area (Å²) in [6.45, 7) is 1.94. The van der Waals surface area contributed by atoms with Crippen LogP contribution in [0.5, 0.6) is 5.75 Å². The van der Waals surface area contributed by atoms with Gasteiger partial charge in [-0.2, -0.15) is 5.10 Å². The van der Waals surface area contributed by atoms with Gasteiger partial charge < -0.3 is 9.15 Å². The van der Waals surface area contributed by atoms with Gasteiger partial charge in [0.15, 0.2) is 0 Å². The lowest BCUT2D eigenvalue weighted by Crippen LogP contribution is -2.17. The summed E-state index contributed by atoms with van der Waals surface area (Å²) in [5, 5.41) is 4.61. The lowest BCUT2D eigenvalue weighted by molar-refractivity contribution is 0.0955. The monoisotopic (exact) mass is 368 g/mol. The number of furan rings is 1. The molecule has 0 spiro atoms. The Morgan fingerprint density at radius 2 is 2.04 bits per heavy atom. The number of hydrazone groups is 1. The van der Waals surface area contributed by atoms with E-state index in [1.54, 1.807) is 37.4 Å². The molecule has 1 amide bonds. The van der Waals surface area contributed by atoms with Gasteiger partial charge in [-0.25, -0.2) is 5.43 Å². The van der Waals surface area contributed by atoms with Crippen LogP contribution in [0.4, 0.5) is 0 Å². The van der Waals surface area contributed by atoms with Crippen LogP contribution in [-0.2, 0) is 0 Å². The second kappa shape index (κ2) is 7.89. The third-order valence-electron chi connectivity index (χ3n) is 3.77. The molecule has 0 saturated carbocycles.